The van der Waals surface area contributed by atoms with Gasteiger partial charge in [-0.3, -0.25) is 4.79 Å². The first-order valence-electron chi connectivity index (χ1n) is 5.27. The van der Waals surface area contributed by atoms with Gasteiger partial charge in [0.2, 0.25) is 0 Å². The van der Waals surface area contributed by atoms with Crippen molar-refractivity contribution in [2.75, 3.05) is 0 Å². The van der Waals surface area contributed by atoms with Gasteiger partial charge in [-0.1, -0.05) is 17.4 Å². The molecule has 90 valence electrons. The van der Waals surface area contributed by atoms with Gasteiger partial charge in [-0.15, -0.1) is 0 Å². The highest BCUT2D eigenvalue weighted by atomic mass is 32.1. The SMILES string of the molecule is Cc1cc(F)ccc1CNCc1csc(=O)[nH]1. The van der Waals surface area contributed by atoms with E-state index in [0.29, 0.717) is 13.1 Å². The predicted octanol–water partition coefficient (Wildman–Crippen LogP) is 2.17. The van der Waals surface area contributed by atoms with E-state index in [1.165, 1.54) is 12.1 Å². The zero-order chi connectivity index (χ0) is 12.3. The van der Waals surface area contributed by atoms with E-state index in [1.807, 2.05) is 6.92 Å². The fourth-order valence-corrected chi connectivity index (χ4v) is 2.17. The Labute approximate surface area is 102 Å². The summed E-state index contributed by atoms with van der Waals surface area (Å²) in [5.41, 5.74) is 2.86. The van der Waals surface area contributed by atoms with Crippen molar-refractivity contribution in [3.8, 4) is 0 Å². The monoisotopic (exact) mass is 252 g/mol. The van der Waals surface area contributed by atoms with Gasteiger partial charge in [0.25, 0.3) is 0 Å². The van der Waals surface area contributed by atoms with Crippen LogP contribution >= 0.6 is 11.3 Å². The van der Waals surface area contributed by atoms with Crippen LogP contribution in [0.4, 0.5) is 4.39 Å². The Morgan fingerprint density at radius 1 is 1.41 bits per heavy atom. The number of rotatable bonds is 4. The van der Waals surface area contributed by atoms with Gasteiger partial charge in [0.15, 0.2) is 0 Å². The molecule has 0 spiro atoms. The van der Waals surface area contributed by atoms with Crippen molar-refractivity contribution in [2.45, 2.75) is 20.0 Å². The second kappa shape index (κ2) is 5.25. The van der Waals surface area contributed by atoms with Crippen LogP contribution in [0, 0.1) is 12.7 Å². The van der Waals surface area contributed by atoms with E-state index in [9.17, 15) is 9.18 Å². The number of aromatic amines is 1. The average Bonchev–Trinajstić information content (AvgIpc) is 2.68. The molecular formula is C12H13FN2OS. The smallest absolute Gasteiger partial charge is 0.304 e. The highest BCUT2D eigenvalue weighted by Gasteiger charge is 2.00. The van der Waals surface area contributed by atoms with Gasteiger partial charge < -0.3 is 10.3 Å². The van der Waals surface area contributed by atoms with Crippen molar-refractivity contribution in [1.82, 2.24) is 10.3 Å². The molecular weight excluding hydrogens is 239 g/mol. The maximum absolute atomic E-state index is 12.9. The molecule has 0 fully saturated rings. The lowest BCUT2D eigenvalue weighted by Gasteiger charge is -2.06. The molecule has 0 unspecified atom stereocenters. The van der Waals surface area contributed by atoms with Gasteiger partial charge in [0.1, 0.15) is 5.82 Å². The molecule has 0 aliphatic carbocycles. The second-order valence-electron chi connectivity index (χ2n) is 3.85. The molecule has 0 bridgehead atoms. The Balaban J connectivity index is 1.92. The first-order valence-corrected chi connectivity index (χ1v) is 6.15. The summed E-state index contributed by atoms with van der Waals surface area (Å²) in [4.78, 5) is 13.6. The van der Waals surface area contributed by atoms with Gasteiger partial charge in [-0.2, -0.15) is 0 Å². The minimum absolute atomic E-state index is 0.0419. The summed E-state index contributed by atoms with van der Waals surface area (Å²) in [5.74, 6) is -0.214. The molecule has 2 N–H and O–H groups in total. The third-order valence-corrected chi connectivity index (χ3v) is 3.22. The molecule has 2 rings (SSSR count). The second-order valence-corrected chi connectivity index (χ2v) is 4.69. The summed E-state index contributed by atoms with van der Waals surface area (Å²) in [7, 11) is 0. The first-order chi connectivity index (χ1) is 8.15. The third kappa shape index (κ3) is 3.25. The molecule has 0 saturated carbocycles. The summed E-state index contributed by atoms with van der Waals surface area (Å²) in [6, 6.07) is 4.74. The molecule has 1 heterocycles. The van der Waals surface area contributed by atoms with Gasteiger partial charge in [0, 0.05) is 24.2 Å². The minimum Gasteiger partial charge on any atom is -0.315 e. The van der Waals surface area contributed by atoms with Crippen molar-refractivity contribution in [2.24, 2.45) is 0 Å². The van der Waals surface area contributed by atoms with E-state index in [1.54, 1.807) is 11.4 Å². The summed E-state index contributed by atoms with van der Waals surface area (Å²) in [6.07, 6.45) is 0. The maximum Gasteiger partial charge on any atom is 0.304 e. The Morgan fingerprint density at radius 3 is 2.88 bits per heavy atom. The molecule has 1 aromatic carbocycles. The van der Waals surface area contributed by atoms with Crippen LogP contribution in [0.3, 0.4) is 0 Å². The predicted molar refractivity (Wildman–Crippen MR) is 66.6 cm³/mol. The largest absolute Gasteiger partial charge is 0.315 e. The molecule has 0 saturated heterocycles. The molecule has 17 heavy (non-hydrogen) atoms. The van der Waals surface area contributed by atoms with Gasteiger partial charge in [-0.05, 0) is 30.2 Å². The summed E-state index contributed by atoms with van der Waals surface area (Å²) in [5, 5.41) is 5.00. The van der Waals surface area contributed by atoms with Crippen LogP contribution in [-0.2, 0) is 13.1 Å². The van der Waals surface area contributed by atoms with E-state index in [2.05, 4.69) is 10.3 Å². The van der Waals surface area contributed by atoms with Crippen LogP contribution in [0.15, 0.2) is 28.4 Å². The van der Waals surface area contributed by atoms with Crippen LogP contribution in [0.5, 0.6) is 0 Å². The fraction of sp³-hybridized carbons (Fsp3) is 0.250. The molecule has 0 aliphatic rings. The van der Waals surface area contributed by atoms with Crippen molar-refractivity contribution < 1.29 is 4.39 Å². The maximum atomic E-state index is 12.9. The van der Waals surface area contributed by atoms with Crippen LogP contribution < -0.4 is 10.2 Å². The average molecular weight is 252 g/mol. The number of thiazole rings is 1. The number of aromatic nitrogens is 1. The number of benzene rings is 1. The molecule has 0 amide bonds. The van der Waals surface area contributed by atoms with Crippen molar-refractivity contribution in [3.63, 3.8) is 0 Å². The van der Waals surface area contributed by atoms with E-state index >= 15 is 0 Å². The topological polar surface area (TPSA) is 44.9 Å². The highest BCUT2D eigenvalue weighted by Crippen LogP contribution is 2.09. The molecule has 3 nitrogen and oxygen atoms in total. The van der Waals surface area contributed by atoms with Gasteiger partial charge in [-0.25, -0.2) is 4.39 Å². The Hall–Kier alpha value is -1.46. The fourth-order valence-electron chi connectivity index (χ4n) is 1.59. The quantitative estimate of drug-likeness (QED) is 0.876. The summed E-state index contributed by atoms with van der Waals surface area (Å²) in [6.45, 7) is 3.14. The van der Waals surface area contributed by atoms with Crippen molar-refractivity contribution in [1.29, 1.82) is 0 Å². The zero-order valence-electron chi connectivity index (χ0n) is 9.42. The van der Waals surface area contributed by atoms with Crippen LogP contribution in [0.25, 0.3) is 0 Å². The van der Waals surface area contributed by atoms with Crippen LogP contribution in [0.2, 0.25) is 0 Å². The van der Waals surface area contributed by atoms with E-state index in [4.69, 9.17) is 0 Å². The van der Waals surface area contributed by atoms with Crippen molar-refractivity contribution >= 4 is 11.3 Å². The van der Waals surface area contributed by atoms with Crippen molar-refractivity contribution in [3.05, 3.63) is 55.9 Å². The molecule has 5 heteroatoms. The number of halogens is 1. The van der Waals surface area contributed by atoms with E-state index in [0.717, 1.165) is 28.2 Å². The third-order valence-electron chi connectivity index (χ3n) is 2.51. The normalized spacial score (nSPS) is 10.7. The minimum atomic E-state index is -0.214. The van der Waals surface area contributed by atoms with Gasteiger partial charge in [0.05, 0.1) is 0 Å². The lowest BCUT2D eigenvalue weighted by atomic mass is 10.1. The number of H-pyrrole nitrogens is 1. The lowest BCUT2D eigenvalue weighted by molar-refractivity contribution is 0.622. The zero-order valence-corrected chi connectivity index (χ0v) is 10.2. The standard InChI is InChI=1S/C12H13FN2OS/c1-8-4-10(13)3-2-9(8)5-14-6-11-7-17-12(16)15-11/h2-4,7,14H,5-6H2,1H3,(H,15,16). The summed E-state index contributed by atoms with van der Waals surface area (Å²) >= 11 is 1.16. The number of hydrogen-bond donors (Lipinski definition) is 2. The Kier molecular flexibility index (Phi) is 3.71. The summed E-state index contributed by atoms with van der Waals surface area (Å²) < 4.78 is 12.9. The van der Waals surface area contributed by atoms with E-state index < -0.39 is 0 Å². The number of aryl methyl sites for hydroxylation is 1. The molecule has 2 aromatic rings. The number of nitrogens with one attached hydrogen (secondary N) is 2. The Bertz CT molecular complexity index is 562. The molecule has 0 aliphatic heterocycles. The molecule has 0 radical (unpaired) electrons. The lowest BCUT2D eigenvalue weighted by Crippen LogP contribution is -2.14. The number of hydrogen-bond acceptors (Lipinski definition) is 3. The van der Waals surface area contributed by atoms with Crippen LogP contribution in [0.1, 0.15) is 16.8 Å². The molecule has 1 aromatic heterocycles. The Morgan fingerprint density at radius 2 is 2.24 bits per heavy atom. The highest BCUT2D eigenvalue weighted by molar-refractivity contribution is 7.07. The van der Waals surface area contributed by atoms with Gasteiger partial charge >= 0.3 is 4.87 Å². The van der Waals surface area contributed by atoms with Crippen LogP contribution in [-0.4, -0.2) is 4.98 Å². The van der Waals surface area contributed by atoms with E-state index in [-0.39, 0.29) is 10.7 Å². The molecule has 0 atom stereocenters. The first kappa shape index (κ1) is 12.0.